The molecule has 0 amide bonds. The summed E-state index contributed by atoms with van der Waals surface area (Å²) < 4.78 is 9.41. The molecule has 0 aromatic heterocycles. The largest absolute Gasteiger partial charge is 0.469 e. The molecule has 1 aromatic carbocycles. The molecule has 0 bridgehead atoms. The molecule has 1 aliphatic rings. The van der Waals surface area contributed by atoms with Crippen molar-refractivity contribution in [2.75, 3.05) is 20.8 Å². The molecule has 0 radical (unpaired) electrons. The van der Waals surface area contributed by atoms with Crippen LogP contribution in [0.15, 0.2) is 30.3 Å². The van der Waals surface area contributed by atoms with Crippen molar-refractivity contribution in [2.24, 2.45) is 17.8 Å². The molecule has 0 saturated heterocycles. The Morgan fingerprint density at radius 3 is 2.17 bits per heavy atom. The fourth-order valence-corrected chi connectivity index (χ4v) is 3.02. The van der Waals surface area contributed by atoms with Crippen LogP contribution in [0, 0.1) is 29.1 Å². The summed E-state index contributed by atoms with van der Waals surface area (Å²) in [5.41, 5.74) is 0.810. The monoisotopic (exact) mass is 332 g/mol. The van der Waals surface area contributed by atoms with Gasteiger partial charge in [0.2, 0.25) is 0 Å². The van der Waals surface area contributed by atoms with Crippen LogP contribution < -0.4 is 5.32 Å². The fraction of sp³-hybridized carbons (Fsp3) is 0.471. The quantitative estimate of drug-likeness (QED) is 0.696. The lowest BCUT2D eigenvalue weighted by Gasteiger charge is -2.20. The Hall–Kier alpha value is -2.43. The van der Waals surface area contributed by atoms with Crippen molar-refractivity contribution in [3.63, 3.8) is 0 Å². The van der Waals surface area contributed by atoms with Gasteiger partial charge in [-0.15, -0.1) is 0 Å². The first kappa shape index (κ1) is 17.9. The minimum absolute atomic E-state index is 0.222. The zero-order valence-corrected chi connectivity index (χ0v) is 13.5. The van der Waals surface area contributed by atoms with Crippen LogP contribution in [-0.2, 0) is 19.1 Å². The molecular formula is C17H20N2O5. The molecule has 1 aromatic rings. The molecule has 128 valence electrons. The van der Waals surface area contributed by atoms with Gasteiger partial charge in [0.15, 0.2) is 0 Å². The summed E-state index contributed by atoms with van der Waals surface area (Å²) in [6.07, 6.45) is 0. The highest BCUT2D eigenvalue weighted by Gasteiger charge is 2.64. The third kappa shape index (κ3) is 3.55. The second-order valence-electron chi connectivity index (χ2n) is 5.59. The van der Waals surface area contributed by atoms with Gasteiger partial charge in [0.1, 0.15) is 6.04 Å². The number of hydrogen-bond acceptors (Lipinski definition) is 7. The van der Waals surface area contributed by atoms with Gasteiger partial charge in [-0.3, -0.25) is 14.9 Å². The molecule has 7 nitrogen and oxygen atoms in total. The minimum atomic E-state index is -0.796. The van der Waals surface area contributed by atoms with Crippen LogP contribution in [0.25, 0.3) is 0 Å². The van der Waals surface area contributed by atoms with E-state index in [4.69, 9.17) is 9.47 Å². The molecule has 1 fully saturated rings. The van der Waals surface area contributed by atoms with Crippen LogP contribution in [0.1, 0.15) is 11.6 Å². The van der Waals surface area contributed by atoms with Crippen LogP contribution in [-0.4, -0.2) is 43.9 Å². The standard InChI is InChI=1S/C17H20N2O5/c1-23-16(21)14-13(15(14)17(22)24-2)11(8-18)19-12(9-20)10-6-4-3-5-7-10/h3-7,11-15,19-20H,9H2,1-2H3/t11?,12-,14+,15+/m0/s1. The number of rotatable bonds is 7. The zero-order chi connectivity index (χ0) is 17.7. The SMILES string of the molecule is COC(=O)[C@@H]1C(C(C#N)N[C@@H](CO)c2ccccc2)[C@H]1C(=O)OC. The average molecular weight is 332 g/mol. The number of aliphatic hydroxyl groups excluding tert-OH is 1. The number of carbonyl (C=O) groups excluding carboxylic acids is 2. The summed E-state index contributed by atoms with van der Waals surface area (Å²) in [6, 6.07) is 9.95. The van der Waals surface area contributed by atoms with E-state index in [1.165, 1.54) is 14.2 Å². The number of methoxy groups -OCH3 is 2. The van der Waals surface area contributed by atoms with E-state index in [1.54, 1.807) is 0 Å². The van der Waals surface area contributed by atoms with E-state index in [1.807, 2.05) is 30.3 Å². The second kappa shape index (κ2) is 7.90. The number of esters is 2. The zero-order valence-electron chi connectivity index (χ0n) is 13.5. The first-order chi connectivity index (χ1) is 11.6. The van der Waals surface area contributed by atoms with Gasteiger partial charge in [-0.1, -0.05) is 30.3 Å². The van der Waals surface area contributed by atoms with Crippen molar-refractivity contribution in [2.45, 2.75) is 12.1 Å². The van der Waals surface area contributed by atoms with E-state index in [9.17, 15) is 20.0 Å². The number of nitriles is 1. The van der Waals surface area contributed by atoms with E-state index >= 15 is 0 Å². The van der Waals surface area contributed by atoms with E-state index in [0.29, 0.717) is 0 Å². The first-order valence-electron chi connectivity index (χ1n) is 7.56. The summed E-state index contributed by atoms with van der Waals surface area (Å²) in [5, 5.41) is 22.1. The summed E-state index contributed by atoms with van der Waals surface area (Å²) in [4.78, 5) is 23.7. The van der Waals surface area contributed by atoms with E-state index in [-0.39, 0.29) is 6.61 Å². The van der Waals surface area contributed by atoms with Gasteiger partial charge in [0.05, 0.1) is 44.8 Å². The van der Waals surface area contributed by atoms with Gasteiger partial charge in [-0.2, -0.15) is 5.26 Å². The van der Waals surface area contributed by atoms with Gasteiger partial charge in [-0.25, -0.2) is 0 Å². The summed E-state index contributed by atoms with van der Waals surface area (Å²) in [7, 11) is 2.47. The van der Waals surface area contributed by atoms with Crippen molar-refractivity contribution in [3.8, 4) is 6.07 Å². The Kier molecular flexibility index (Phi) is 5.90. The van der Waals surface area contributed by atoms with Gasteiger partial charge in [0, 0.05) is 5.92 Å². The second-order valence-corrected chi connectivity index (χ2v) is 5.59. The van der Waals surface area contributed by atoms with Gasteiger partial charge < -0.3 is 14.6 Å². The van der Waals surface area contributed by atoms with Crippen molar-refractivity contribution in [1.82, 2.24) is 5.32 Å². The molecule has 24 heavy (non-hydrogen) atoms. The van der Waals surface area contributed by atoms with Crippen LogP contribution in [0.3, 0.4) is 0 Å². The molecule has 0 spiro atoms. The maximum Gasteiger partial charge on any atom is 0.309 e. The van der Waals surface area contributed by atoms with Crippen LogP contribution in [0.4, 0.5) is 0 Å². The number of aliphatic hydroxyl groups is 1. The van der Waals surface area contributed by atoms with Crippen LogP contribution >= 0.6 is 0 Å². The lowest BCUT2D eigenvalue weighted by atomic mass is 10.0. The van der Waals surface area contributed by atoms with Crippen molar-refractivity contribution in [1.29, 1.82) is 5.26 Å². The molecular weight excluding hydrogens is 312 g/mol. The number of nitrogens with zero attached hydrogens (tertiary/aromatic N) is 1. The first-order valence-corrected chi connectivity index (χ1v) is 7.56. The summed E-state index contributed by atoms with van der Waals surface area (Å²) >= 11 is 0. The molecule has 1 saturated carbocycles. The van der Waals surface area contributed by atoms with Gasteiger partial charge in [0.25, 0.3) is 0 Å². The van der Waals surface area contributed by atoms with Crippen molar-refractivity contribution >= 4 is 11.9 Å². The van der Waals surface area contributed by atoms with Gasteiger partial charge in [-0.05, 0) is 5.56 Å². The minimum Gasteiger partial charge on any atom is -0.469 e. The molecule has 1 aliphatic carbocycles. The normalized spacial score (nSPS) is 24.3. The van der Waals surface area contributed by atoms with Crippen molar-refractivity contribution in [3.05, 3.63) is 35.9 Å². The maximum absolute atomic E-state index is 11.8. The number of benzene rings is 1. The predicted molar refractivity (Wildman–Crippen MR) is 83.3 cm³/mol. The fourth-order valence-electron chi connectivity index (χ4n) is 3.02. The molecule has 0 aliphatic heterocycles. The topological polar surface area (TPSA) is 109 Å². The number of nitrogens with one attached hydrogen (secondary N) is 1. The molecule has 1 unspecified atom stereocenters. The third-order valence-corrected chi connectivity index (χ3v) is 4.31. The Labute approximate surface area is 140 Å². The van der Waals surface area contributed by atoms with Gasteiger partial charge >= 0.3 is 11.9 Å². The number of ether oxygens (including phenoxy) is 2. The van der Waals surface area contributed by atoms with E-state index < -0.39 is 41.8 Å². The molecule has 0 heterocycles. The maximum atomic E-state index is 11.8. The highest BCUT2D eigenvalue weighted by molar-refractivity contribution is 5.88. The predicted octanol–water partition coefficient (Wildman–Crippen LogP) is 0.410. The van der Waals surface area contributed by atoms with Crippen molar-refractivity contribution < 1.29 is 24.2 Å². The van der Waals surface area contributed by atoms with E-state index in [0.717, 1.165) is 5.56 Å². The highest BCUT2D eigenvalue weighted by atomic mass is 16.5. The average Bonchev–Trinajstić information content (AvgIpc) is 3.37. The number of hydrogen-bond donors (Lipinski definition) is 2. The van der Waals surface area contributed by atoms with E-state index in [2.05, 4.69) is 11.4 Å². The van der Waals surface area contributed by atoms with Crippen LogP contribution in [0.5, 0.6) is 0 Å². The Balaban J connectivity index is 2.16. The molecule has 2 N–H and O–H groups in total. The smallest absolute Gasteiger partial charge is 0.309 e. The molecule has 7 heteroatoms. The lowest BCUT2D eigenvalue weighted by molar-refractivity contribution is -0.148. The molecule has 2 rings (SSSR count). The van der Waals surface area contributed by atoms with Crippen LogP contribution in [0.2, 0.25) is 0 Å². The Morgan fingerprint density at radius 2 is 1.75 bits per heavy atom. The lowest BCUT2D eigenvalue weighted by Crippen LogP contribution is -2.36. The Morgan fingerprint density at radius 1 is 1.21 bits per heavy atom. The summed E-state index contributed by atoms with van der Waals surface area (Å²) in [6.45, 7) is -0.222. The highest BCUT2D eigenvalue weighted by Crippen LogP contribution is 2.50. The third-order valence-electron chi connectivity index (χ3n) is 4.31. The summed E-state index contributed by atoms with van der Waals surface area (Å²) in [5.74, 6) is -3.06. The Bertz CT molecular complexity index is 606. The molecule has 4 atom stereocenters. The number of carbonyl (C=O) groups is 2.